The molecule has 0 aromatic rings. The topological polar surface area (TPSA) is 69.6 Å². The number of nitrogens with one attached hydrogen (secondary N) is 1. The van der Waals surface area contributed by atoms with E-state index in [9.17, 15) is 18.0 Å². The molecule has 0 heterocycles. The van der Waals surface area contributed by atoms with Crippen LogP contribution in [0.1, 0.15) is 0 Å². The van der Waals surface area contributed by atoms with Gasteiger partial charge in [0.15, 0.2) is 0 Å². The normalized spacial score (nSPS) is 14.6. The lowest BCUT2D eigenvalue weighted by Gasteiger charge is -2.33. The summed E-state index contributed by atoms with van der Waals surface area (Å²) in [7, 11) is -4.84. The molecule has 68 valence electrons. The minimum atomic E-state index is -5.13. The van der Waals surface area contributed by atoms with E-state index in [2.05, 4.69) is 0 Å². The molecular formula is C3H6F3NO3S. The Morgan fingerprint density at radius 3 is 2.18 bits per heavy atom. The molecule has 0 aliphatic carbocycles. The minimum absolute atomic E-state index is 0.0972. The second-order valence-corrected chi connectivity index (χ2v) is 3.36. The van der Waals surface area contributed by atoms with Crippen LogP contribution in [0.25, 0.3) is 0 Å². The van der Waals surface area contributed by atoms with Crippen LogP contribution in [0.3, 0.4) is 0 Å². The Labute approximate surface area is 61.9 Å². The molecular weight excluding hydrogens is 187 g/mol. The van der Waals surface area contributed by atoms with Gasteiger partial charge in [0.05, 0.1) is 6.54 Å². The van der Waals surface area contributed by atoms with E-state index in [0.717, 1.165) is 0 Å². The highest BCUT2D eigenvalue weighted by atomic mass is 32.3. The van der Waals surface area contributed by atoms with Gasteiger partial charge in [-0.3, -0.25) is 9.11 Å². The van der Waals surface area contributed by atoms with E-state index in [1.807, 2.05) is 0 Å². The molecule has 8 heteroatoms. The van der Waals surface area contributed by atoms with Crippen molar-refractivity contribution in [2.45, 2.75) is 5.51 Å². The predicted octanol–water partition coefficient (Wildman–Crippen LogP) is 0.960. The van der Waals surface area contributed by atoms with Crippen molar-refractivity contribution in [3.63, 3.8) is 0 Å². The van der Waals surface area contributed by atoms with E-state index >= 15 is 0 Å². The zero-order chi connectivity index (χ0) is 9.12. The van der Waals surface area contributed by atoms with Gasteiger partial charge in [0.25, 0.3) is 0 Å². The fourth-order valence-electron chi connectivity index (χ4n) is 0.232. The maximum Gasteiger partial charge on any atom is 0.509 e. The van der Waals surface area contributed by atoms with Gasteiger partial charge in [0.1, 0.15) is 6.29 Å². The van der Waals surface area contributed by atoms with Crippen LogP contribution >= 0.6 is 10.8 Å². The molecule has 0 atom stereocenters. The van der Waals surface area contributed by atoms with Gasteiger partial charge in [-0.05, 0) is 10.8 Å². The van der Waals surface area contributed by atoms with Crippen molar-refractivity contribution < 1.29 is 27.1 Å². The molecule has 0 unspecified atom stereocenters. The van der Waals surface area contributed by atoms with Crippen LogP contribution in [0.2, 0.25) is 0 Å². The van der Waals surface area contributed by atoms with Gasteiger partial charge in [-0.2, -0.15) is 13.2 Å². The zero-order valence-corrected chi connectivity index (χ0v) is 5.95. The number of carbonyl (C=O) groups excluding carboxylic acids is 1. The Balaban J connectivity index is 4.10. The van der Waals surface area contributed by atoms with Gasteiger partial charge in [-0.1, -0.05) is 0 Å². The van der Waals surface area contributed by atoms with Crippen molar-refractivity contribution in [1.29, 1.82) is 0 Å². The molecule has 0 spiro atoms. The Morgan fingerprint density at radius 1 is 1.45 bits per heavy atom. The number of hydrogen-bond acceptors (Lipinski definition) is 4. The standard InChI is InChI=1S/C3H6F3NO3S/c4-3(5,6)11(9,10)7-1-2-8/h2,7,9-10H,1H2. The average Bonchev–Trinajstić information content (AvgIpc) is 1.81. The van der Waals surface area contributed by atoms with Crippen LogP contribution in [-0.4, -0.2) is 27.4 Å². The first kappa shape index (κ1) is 10.7. The second-order valence-electron chi connectivity index (χ2n) is 1.51. The molecule has 0 aliphatic heterocycles. The quantitative estimate of drug-likeness (QED) is 0.584. The highest BCUT2D eigenvalue weighted by molar-refractivity contribution is 8.23. The first-order valence-corrected chi connectivity index (χ1v) is 3.88. The molecule has 0 rings (SSSR count). The van der Waals surface area contributed by atoms with Crippen molar-refractivity contribution in [3.05, 3.63) is 0 Å². The monoisotopic (exact) mass is 193 g/mol. The van der Waals surface area contributed by atoms with E-state index in [1.165, 1.54) is 4.72 Å². The molecule has 4 nitrogen and oxygen atoms in total. The maximum absolute atomic E-state index is 11.5. The lowest BCUT2D eigenvalue weighted by Crippen LogP contribution is -2.32. The minimum Gasteiger partial charge on any atom is -0.302 e. The Bertz CT molecular complexity index is 147. The van der Waals surface area contributed by atoms with Crippen molar-refractivity contribution in [2.24, 2.45) is 0 Å². The average molecular weight is 193 g/mol. The molecule has 0 aromatic heterocycles. The fourth-order valence-corrected chi connectivity index (χ4v) is 0.696. The summed E-state index contributed by atoms with van der Waals surface area (Å²) < 4.78 is 52.2. The third-order valence-corrected chi connectivity index (χ3v) is 1.91. The number of aldehydes is 1. The van der Waals surface area contributed by atoms with Gasteiger partial charge in [0, 0.05) is 0 Å². The number of rotatable bonds is 3. The molecule has 0 radical (unpaired) electrons. The first-order valence-electron chi connectivity index (χ1n) is 2.34. The van der Waals surface area contributed by atoms with E-state index in [4.69, 9.17) is 9.11 Å². The molecule has 0 fully saturated rings. The first-order chi connectivity index (χ1) is 4.81. The summed E-state index contributed by atoms with van der Waals surface area (Å²) in [5.74, 6) is 0. The summed E-state index contributed by atoms with van der Waals surface area (Å²) >= 11 is 0. The van der Waals surface area contributed by atoms with Crippen LogP contribution in [0.15, 0.2) is 0 Å². The van der Waals surface area contributed by atoms with Gasteiger partial charge < -0.3 is 4.79 Å². The Kier molecular flexibility index (Phi) is 3.30. The number of halogens is 3. The summed E-state index contributed by atoms with van der Waals surface area (Å²) in [4.78, 5) is 9.54. The second kappa shape index (κ2) is 3.39. The third-order valence-electron chi connectivity index (χ3n) is 0.691. The molecule has 0 bridgehead atoms. The Hall–Kier alpha value is -0.310. The molecule has 0 saturated heterocycles. The summed E-state index contributed by atoms with van der Waals surface area (Å²) in [5, 5.41) is 0. The SMILES string of the molecule is O=CCNS(O)(O)C(F)(F)F. The maximum atomic E-state index is 11.5. The van der Waals surface area contributed by atoms with Crippen molar-refractivity contribution in [3.8, 4) is 0 Å². The highest BCUT2D eigenvalue weighted by Gasteiger charge is 2.45. The summed E-state index contributed by atoms with van der Waals surface area (Å²) in [5.41, 5.74) is -5.13. The van der Waals surface area contributed by atoms with Crippen molar-refractivity contribution in [1.82, 2.24) is 4.72 Å². The largest absolute Gasteiger partial charge is 0.509 e. The fraction of sp³-hybridized carbons (Fsp3) is 0.667. The van der Waals surface area contributed by atoms with E-state index in [-0.39, 0.29) is 6.29 Å². The van der Waals surface area contributed by atoms with E-state index in [0.29, 0.717) is 0 Å². The van der Waals surface area contributed by atoms with Gasteiger partial charge in [-0.15, -0.1) is 0 Å². The molecule has 0 aliphatic rings. The molecule has 3 N–H and O–H groups in total. The number of hydrogen-bond donors (Lipinski definition) is 3. The van der Waals surface area contributed by atoms with Gasteiger partial charge in [0.2, 0.25) is 0 Å². The van der Waals surface area contributed by atoms with Crippen molar-refractivity contribution >= 4 is 17.1 Å². The summed E-state index contributed by atoms with van der Waals surface area (Å²) in [6.07, 6.45) is 0.0972. The molecule has 11 heavy (non-hydrogen) atoms. The smallest absolute Gasteiger partial charge is 0.302 e. The molecule has 0 aromatic carbocycles. The van der Waals surface area contributed by atoms with Crippen LogP contribution < -0.4 is 4.72 Å². The summed E-state index contributed by atoms with van der Waals surface area (Å²) in [6.45, 7) is -0.748. The lowest BCUT2D eigenvalue weighted by molar-refractivity contribution is -0.107. The van der Waals surface area contributed by atoms with Crippen molar-refractivity contribution in [2.75, 3.05) is 6.54 Å². The van der Waals surface area contributed by atoms with E-state index < -0.39 is 22.8 Å². The highest BCUT2D eigenvalue weighted by Crippen LogP contribution is 2.51. The van der Waals surface area contributed by atoms with Crippen LogP contribution in [-0.2, 0) is 4.79 Å². The molecule has 0 saturated carbocycles. The lowest BCUT2D eigenvalue weighted by atomic mass is 10.8. The predicted molar refractivity (Wildman–Crippen MR) is 33.0 cm³/mol. The zero-order valence-electron chi connectivity index (χ0n) is 5.13. The number of carbonyl (C=O) groups is 1. The third kappa shape index (κ3) is 3.06. The molecule has 0 amide bonds. The van der Waals surface area contributed by atoms with Crippen LogP contribution in [0.5, 0.6) is 0 Å². The summed E-state index contributed by atoms with van der Waals surface area (Å²) in [6, 6.07) is 0. The number of alkyl halides is 3. The van der Waals surface area contributed by atoms with Crippen LogP contribution in [0, 0.1) is 0 Å². The van der Waals surface area contributed by atoms with E-state index in [1.54, 1.807) is 0 Å². The van der Waals surface area contributed by atoms with Crippen LogP contribution in [0.4, 0.5) is 13.2 Å². The van der Waals surface area contributed by atoms with Gasteiger partial charge in [-0.25, -0.2) is 4.72 Å². The Morgan fingerprint density at radius 2 is 1.91 bits per heavy atom. The van der Waals surface area contributed by atoms with Gasteiger partial charge >= 0.3 is 5.51 Å².